The summed E-state index contributed by atoms with van der Waals surface area (Å²) in [6, 6.07) is 2.14. The molecule has 0 saturated heterocycles. The highest BCUT2D eigenvalue weighted by molar-refractivity contribution is 6.03. The Labute approximate surface area is 109 Å². The largest absolute Gasteiger partial charge is 0.465 e. The minimum atomic E-state index is -4.94. The summed E-state index contributed by atoms with van der Waals surface area (Å²) >= 11 is 0. The Morgan fingerprint density at radius 1 is 1.30 bits per heavy atom. The maximum Gasteiger partial charge on any atom is 0.383 e. The van der Waals surface area contributed by atoms with Crippen molar-refractivity contribution >= 4 is 17.6 Å². The lowest BCUT2D eigenvalue weighted by molar-refractivity contribution is -0.163. The number of rotatable bonds is 4. The van der Waals surface area contributed by atoms with Gasteiger partial charge in [-0.1, -0.05) is 0 Å². The molecule has 0 bridgehead atoms. The van der Waals surface area contributed by atoms with E-state index in [2.05, 4.69) is 4.74 Å². The van der Waals surface area contributed by atoms with Crippen LogP contribution in [0.5, 0.6) is 0 Å². The lowest BCUT2D eigenvalue weighted by atomic mass is 10.1. The van der Waals surface area contributed by atoms with Crippen LogP contribution in [0.15, 0.2) is 18.2 Å². The van der Waals surface area contributed by atoms with Gasteiger partial charge in [-0.25, -0.2) is 18.0 Å². The topological polar surface area (TPSA) is 55.4 Å². The molecule has 0 spiro atoms. The number of ether oxygens (including phenoxy) is 1. The summed E-state index contributed by atoms with van der Waals surface area (Å²) in [5.41, 5.74) is -1.14. The van der Waals surface area contributed by atoms with E-state index in [1.54, 1.807) is 0 Å². The van der Waals surface area contributed by atoms with Gasteiger partial charge in [-0.05, 0) is 18.2 Å². The molecule has 9 heteroatoms. The van der Waals surface area contributed by atoms with Gasteiger partial charge in [0.1, 0.15) is 5.82 Å². The molecular weight excluding hydrogens is 289 g/mol. The van der Waals surface area contributed by atoms with Crippen LogP contribution in [-0.2, 0) is 9.53 Å². The van der Waals surface area contributed by atoms with Crippen molar-refractivity contribution in [2.45, 2.75) is 12.3 Å². The predicted molar refractivity (Wildman–Crippen MR) is 57.3 cm³/mol. The zero-order valence-electron chi connectivity index (χ0n) is 9.92. The lowest BCUT2D eigenvalue weighted by Crippen LogP contribution is -2.41. The van der Waals surface area contributed by atoms with Gasteiger partial charge in [0.15, 0.2) is 0 Å². The minimum absolute atomic E-state index is 0.566. The van der Waals surface area contributed by atoms with E-state index in [1.807, 2.05) is 0 Å². The van der Waals surface area contributed by atoms with Crippen molar-refractivity contribution in [1.29, 1.82) is 0 Å². The normalized spacial score (nSPS) is 11.3. The van der Waals surface area contributed by atoms with E-state index in [0.29, 0.717) is 6.07 Å². The molecule has 20 heavy (non-hydrogen) atoms. The number of hydrogen-bond acceptors (Lipinski definition) is 3. The Kier molecular flexibility index (Phi) is 4.64. The van der Waals surface area contributed by atoms with Crippen LogP contribution < -0.4 is 5.32 Å². The minimum Gasteiger partial charge on any atom is -0.465 e. The van der Waals surface area contributed by atoms with Gasteiger partial charge in [-0.15, -0.1) is 0 Å². The first-order valence-corrected chi connectivity index (χ1v) is 5.05. The number of esters is 1. The molecule has 0 aliphatic rings. The standard InChI is InChI=1S/C11H8F5NO3/c1-20-8(18)6-4-5(12)2-3-7(6)17-10(19)11(15,16)9(13)14/h2-4,9H,1H3,(H,17,19). The molecular formula is C11H8F5NO3. The molecule has 4 nitrogen and oxygen atoms in total. The number of benzene rings is 1. The molecule has 0 atom stereocenters. The fourth-order valence-corrected chi connectivity index (χ4v) is 1.21. The Morgan fingerprint density at radius 2 is 1.90 bits per heavy atom. The van der Waals surface area contributed by atoms with E-state index in [-0.39, 0.29) is 0 Å². The highest BCUT2D eigenvalue weighted by Gasteiger charge is 2.49. The van der Waals surface area contributed by atoms with Gasteiger partial charge in [-0.2, -0.15) is 8.78 Å². The monoisotopic (exact) mass is 297 g/mol. The third kappa shape index (κ3) is 3.22. The van der Waals surface area contributed by atoms with Gasteiger partial charge in [-0.3, -0.25) is 4.79 Å². The molecule has 110 valence electrons. The molecule has 0 aromatic heterocycles. The smallest absolute Gasteiger partial charge is 0.383 e. The van der Waals surface area contributed by atoms with Crippen molar-refractivity contribution in [3.05, 3.63) is 29.6 Å². The Hall–Kier alpha value is -2.19. The molecule has 0 radical (unpaired) electrons. The quantitative estimate of drug-likeness (QED) is 0.686. The van der Waals surface area contributed by atoms with Crippen LogP contribution in [-0.4, -0.2) is 31.3 Å². The van der Waals surface area contributed by atoms with E-state index in [1.165, 1.54) is 5.32 Å². The molecule has 0 saturated carbocycles. The molecule has 1 N–H and O–H groups in total. The second-order valence-electron chi connectivity index (χ2n) is 3.56. The number of halogens is 5. The molecule has 0 fully saturated rings. The van der Waals surface area contributed by atoms with Crippen molar-refractivity contribution in [2.75, 3.05) is 12.4 Å². The number of anilines is 1. The summed E-state index contributed by atoms with van der Waals surface area (Å²) in [7, 11) is 0.937. The van der Waals surface area contributed by atoms with E-state index >= 15 is 0 Å². The highest BCUT2D eigenvalue weighted by atomic mass is 19.3. The van der Waals surface area contributed by atoms with Crippen molar-refractivity contribution in [3.8, 4) is 0 Å². The average molecular weight is 297 g/mol. The Bertz CT molecular complexity index is 533. The molecule has 0 aliphatic carbocycles. The molecule has 1 amide bonds. The van der Waals surface area contributed by atoms with Gasteiger partial charge in [0, 0.05) is 0 Å². The van der Waals surface area contributed by atoms with E-state index in [9.17, 15) is 31.5 Å². The number of nitrogens with one attached hydrogen (secondary N) is 1. The summed E-state index contributed by atoms with van der Waals surface area (Å²) in [5, 5.41) is 1.44. The zero-order valence-corrected chi connectivity index (χ0v) is 9.92. The number of carbonyl (C=O) groups excluding carboxylic acids is 2. The molecule has 1 rings (SSSR count). The summed E-state index contributed by atoms with van der Waals surface area (Å²) in [6.45, 7) is 0. The van der Waals surface area contributed by atoms with Crippen molar-refractivity contribution in [3.63, 3.8) is 0 Å². The highest BCUT2D eigenvalue weighted by Crippen LogP contribution is 2.26. The van der Waals surface area contributed by atoms with Crippen molar-refractivity contribution < 1.29 is 36.3 Å². The third-order valence-corrected chi connectivity index (χ3v) is 2.21. The summed E-state index contributed by atoms with van der Waals surface area (Å²) in [6.07, 6.45) is -4.22. The number of alkyl halides is 4. The van der Waals surface area contributed by atoms with Gasteiger partial charge in [0.2, 0.25) is 0 Å². The van der Waals surface area contributed by atoms with Gasteiger partial charge >= 0.3 is 24.2 Å². The van der Waals surface area contributed by atoms with Crippen LogP contribution >= 0.6 is 0 Å². The van der Waals surface area contributed by atoms with Crippen LogP contribution in [0.2, 0.25) is 0 Å². The average Bonchev–Trinajstić information content (AvgIpc) is 2.39. The maximum atomic E-state index is 13.0. The van der Waals surface area contributed by atoms with Crippen LogP contribution in [0, 0.1) is 5.82 Å². The second-order valence-corrected chi connectivity index (χ2v) is 3.56. The first kappa shape index (κ1) is 15.9. The number of methoxy groups -OCH3 is 1. The van der Waals surface area contributed by atoms with E-state index < -0.39 is 41.3 Å². The fraction of sp³-hybridized carbons (Fsp3) is 0.273. The van der Waals surface area contributed by atoms with Gasteiger partial charge in [0.05, 0.1) is 18.4 Å². The molecule has 0 aliphatic heterocycles. The first-order valence-electron chi connectivity index (χ1n) is 5.05. The summed E-state index contributed by atoms with van der Waals surface area (Å²) < 4.78 is 66.7. The maximum absolute atomic E-state index is 13.0. The molecule has 0 unspecified atom stereocenters. The number of hydrogen-bond donors (Lipinski definition) is 1. The lowest BCUT2D eigenvalue weighted by Gasteiger charge is -2.16. The molecule has 1 aromatic rings. The fourth-order valence-electron chi connectivity index (χ4n) is 1.21. The number of amides is 1. The molecule has 1 aromatic carbocycles. The third-order valence-electron chi connectivity index (χ3n) is 2.21. The Morgan fingerprint density at radius 3 is 2.40 bits per heavy atom. The van der Waals surface area contributed by atoms with Gasteiger partial charge in [0.25, 0.3) is 0 Å². The molecule has 0 heterocycles. The first-order chi connectivity index (χ1) is 9.20. The van der Waals surface area contributed by atoms with E-state index in [4.69, 9.17) is 0 Å². The van der Waals surface area contributed by atoms with Gasteiger partial charge < -0.3 is 10.1 Å². The van der Waals surface area contributed by atoms with Crippen molar-refractivity contribution in [1.82, 2.24) is 0 Å². The summed E-state index contributed by atoms with van der Waals surface area (Å²) in [5.74, 6) is -9.28. The van der Waals surface area contributed by atoms with Crippen molar-refractivity contribution in [2.24, 2.45) is 0 Å². The SMILES string of the molecule is COC(=O)c1cc(F)ccc1NC(=O)C(F)(F)C(F)F. The predicted octanol–water partition coefficient (Wildman–Crippen LogP) is 2.45. The van der Waals surface area contributed by atoms with Crippen LogP contribution in [0.25, 0.3) is 0 Å². The Balaban J connectivity index is 3.10. The number of carbonyl (C=O) groups is 2. The van der Waals surface area contributed by atoms with E-state index in [0.717, 1.165) is 19.2 Å². The zero-order chi connectivity index (χ0) is 15.5. The van der Waals surface area contributed by atoms with Crippen LogP contribution in [0.3, 0.4) is 0 Å². The van der Waals surface area contributed by atoms with Crippen LogP contribution in [0.4, 0.5) is 27.6 Å². The van der Waals surface area contributed by atoms with Crippen LogP contribution in [0.1, 0.15) is 10.4 Å². The second kappa shape index (κ2) is 5.85. The summed E-state index contributed by atoms with van der Waals surface area (Å²) in [4.78, 5) is 22.3.